The van der Waals surface area contributed by atoms with Gasteiger partial charge in [0.05, 0.1) is 16.3 Å². The summed E-state index contributed by atoms with van der Waals surface area (Å²) in [5.41, 5.74) is 1.73. The van der Waals surface area contributed by atoms with Crippen molar-refractivity contribution in [3.8, 4) is 11.1 Å². The van der Waals surface area contributed by atoms with Gasteiger partial charge in [-0.25, -0.2) is 8.78 Å². The van der Waals surface area contributed by atoms with E-state index in [9.17, 15) is 23.2 Å². The summed E-state index contributed by atoms with van der Waals surface area (Å²) in [6, 6.07) is 13.6. The Bertz CT molecular complexity index is 1360. The Morgan fingerprint density at radius 1 is 1.00 bits per heavy atom. The molecule has 3 aromatic rings. The number of rotatable bonds is 3. The largest absolute Gasteiger partial charge is 0.349 e. The third kappa shape index (κ3) is 4.37. The van der Waals surface area contributed by atoms with Crippen LogP contribution in [0.5, 0.6) is 0 Å². The van der Waals surface area contributed by atoms with Crippen molar-refractivity contribution in [2.24, 2.45) is 0 Å². The highest BCUT2D eigenvalue weighted by atomic mass is 35.5. The van der Waals surface area contributed by atoms with Gasteiger partial charge in [0.2, 0.25) is 5.91 Å². The summed E-state index contributed by atoms with van der Waals surface area (Å²) in [5, 5.41) is 5.49. The lowest BCUT2D eigenvalue weighted by atomic mass is 9.95. The van der Waals surface area contributed by atoms with E-state index in [1.54, 1.807) is 36.4 Å². The van der Waals surface area contributed by atoms with Crippen LogP contribution in [0, 0.1) is 11.6 Å². The summed E-state index contributed by atoms with van der Waals surface area (Å²) in [4.78, 5) is 40.5. The van der Waals surface area contributed by atoms with Crippen molar-refractivity contribution in [2.75, 3.05) is 11.9 Å². The summed E-state index contributed by atoms with van der Waals surface area (Å²) >= 11 is 5.78. The van der Waals surface area contributed by atoms with Gasteiger partial charge >= 0.3 is 0 Å². The molecule has 178 valence electrons. The molecule has 0 bridgehead atoms. The Labute approximate surface area is 204 Å². The molecule has 2 heterocycles. The summed E-state index contributed by atoms with van der Waals surface area (Å²) in [7, 11) is 0. The Hall–Kier alpha value is -3.78. The van der Waals surface area contributed by atoms with Gasteiger partial charge in [0, 0.05) is 23.7 Å². The molecule has 9 heteroatoms. The second-order valence-electron chi connectivity index (χ2n) is 8.57. The first kappa shape index (κ1) is 23.0. The lowest BCUT2D eigenvalue weighted by Crippen LogP contribution is -2.55. The number of amides is 3. The summed E-state index contributed by atoms with van der Waals surface area (Å²) in [6.07, 6.45) is 0.644. The van der Waals surface area contributed by atoms with E-state index in [0.29, 0.717) is 23.2 Å². The average Bonchev–Trinajstić information content (AvgIpc) is 2.95. The van der Waals surface area contributed by atoms with E-state index in [1.165, 1.54) is 23.1 Å². The molecule has 35 heavy (non-hydrogen) atoms. The third-order valence-electron chi connectivity index (χ3n) is 6.38. The maximum atomic E-state index is 14.3. The minimum atomic E-state index is -0.789. The van der Waals surface area contributed by atoms with Crippen LogP contribution >= 0.6 is 11.6 Å². The monoisotopic (exact) mass is 495 g/mol. The highest BCUT2D eigenvalue weighted by molar-refractivity contribution is 6.31. The van der Waals surface area contributed by atoms with Gasteiger partial charge in [-0.3, -0.25) is 14.4 Å². The van der Waals surface area contributed by atoms with E-state index in [4.69, 9.17) is 11.6 Å². The van der Waals surface area contributed by atoms with Gasteiger partial charge in [-0.1, -0.05) is 35.9 Å². The van der Waals surface area contributed by atoms with Crippen LogP contribution in [0.15, 0.2) is 60.7 Å². The quantitative estimate of drug-likeness (QED) is 0.555. The predicted molar refractivity (Wildman–Crippen MR) is 127 cm³/mol. The molecule has 3 aromatic carbocycles. The van der Waals surface area contributed by atoms with Crippen molar-refractivity contribution in [2.45, 2.75) is 24.9 Å². The van der Waals surface area contributed by atoms with E-state index >= 15 is 0 Å². The predicted octanol–water partition coefficient (Wildman–Crippen LogP) is 4.64. The van der Waals surface area contributed by atoms with Gasteiger partial charge in [0.1, 0.15) is 17.7 Å². The van der Waals surface area contributed by atoms with Crippen LogP contribution in [0.4, 0.5) is 14.5 Å². The van der Waals surface area contributed by atoms with Crippen LogP contribution in [-0.2, 0) is 4.79 Å². The van der Waals surface area contributed by atoms with Crippen molar-refractivity contribution in [1.29, 1.82) is 0 Å². The minimum Gasteiger partial charge on any atom is -0.349 e. The molecular weight excluding hydrogens is 476 g/mol. The molecule has 1 fully saturated rings. The van der Waals surface area contributed by atoms with Crippen LogP contribution < -0.4 is 10.6 Å². The molecule has 0 spiro atoms. The van der Waals surface area contributed by atoms with Crippen LogP contribution in [0.1, 0.15) is 33.6 Å². The number of nitrogens with zero attached hydrogens (tertiary/aromatic N) is 1. The number of carbonyl (C=O) groups is 3. The number of hydrogen-bond donors (Lipinski definition) is 2. The van der Waals surface area contributed by atoms with Gasteiger partial charge < -0.3 is 15.5 Å². The number of benzene rings is 3. The second kappa shape index (κ2) is 9.11. The van der Waals surface area contributed by atoms with Crippen molar-refractivity contribution >= 4 is 35.0 Å². The Kier molecular flexibility index (Phi) is 5.98. The number of hydrogen-bond acceptors (Lipinski definition) is 3. The molecule has 6 nitrogen and oxygen atoms in total. The molecule has 0 aliphatic carbocycles. The maximum Gasteiger partial charge on any atom is 0.256 e. The number of fused-ring (bicyclic) bond motifs is 2. The zero-order chi connectivity index (χ0) is 24.7. The Balaban J connectivity index is 1.36. The highest BCUT2D eigenvalue weighted by Gasteiger charge is 2.40. The first-order valence-corrected chi connectivity index (χ1v) is 11.5. The van der Waals surface area contributed by atoms with E-state index in [0.717, 1.165) is 6.07 Å². The zero-order valence-electron chi connectivity index (χ0n) is 18.4. The number of anilines is 1. The lowest BCUT2D eigenvalue weighted by Gasteiger charge is -2.37. The molecule has 2 aliphatic rings. The standard InChI is InChI=1S/C26H20ClF2N3O3/c27-19-12-15(5-7-21(19)29)24(33)30-16-9-10-32-23(13-16)25(34)31-22-8-6-14(11-18(22)26(32)35)17-3-1-2-4-20(17)28/h1-8,11-12,16,23H,9-10,13H2,(H,30,33)(H,31,34)/t16-,23-/m0/s1. The van der Waals surface area contributed by atoms with Crippen molar-refractivity contribution in [1.82, 2.24) is 10.2 Å². The third-order valence-corrected chi connectivity index (χ3v) is 6.67. The molecule has 0 saturated carbocycles. The molecule has 1 saturated heterocycles. The fraction of sp³-hybridized carbons (Fsp3) is 0.192. The molecule has 5 rings (SSSR count). The number of carbonyl (C=O) groups excluding carboxylic acids is 3. The zero-order valence-corrected chi connectivity index (χ0v) is 19.1. The van der Waals surface area contributed by atoms with E-state index in [-0.39, 0.29) is 47.0 Å². The summed E-state index contributed by atoms with van der Waals surface area (Å²) < 4.78 is 27.7. The minimum absolute atomic E-state index is 0.159. The van der Waals surface area contributed by atoms with Gasteiger partial charge in [-0.05, 0) is 54.8 Å². The summed E-state index contributed by atoms with van der Waals surface area (Å²) in [6.45, 7) is 0.245. The van der Waals surface area contributed by atoms with E-state index < -0.39 is 23.6 Å². The van der Waals surface area contributed by atoms with Gasteiger partial charge in [-0.2, -0.15) is 0 Å². The Morgan fingerprint density at radius 3 is 2.57 bits per heavy atom. The van der Waals surface area contributed by atoms with Crippen LogP contribution in [0.25, 0.3) is 11.1 Å². The molecule has 3 amide bonds. The number of piperidine rings is 1. The maximum absolute atomic E-state index is 14.3. The first-order valence-electron chi connectivity index (χ1n) is 11.1. The normalized spacial score (nSPS) is 19.3. The SMILES string of the molecule is O=C(N[C@H]1CCN2C(=O)c3cc(-c4ccccc4F)ccc3NC(=O)[C@@H]2C1)c1ccc(F)c(Cl)c1. The van der Waals surface area contributed by atoms with Crippen LogP contribution in [0.3, 0.4) is 0 Å². The molecule has 0 aromatic heterocycles. The van der Waals surface area contributed by atoms with Crippen molar-refractivity contribution in [3.05, 3.63) is 88.4 Å². The molecule has 2 atom stereocenters. The van der Waals surface area contributed by atoms with Crippen molar-refractivity contribution in [3.63, 3.8) is 0 Å². The molecular formula is C26H20ClF2N3O3. The first-order chi connectivity index (χ1) is 16.8. The lowest BCUT2D eigenvalue weighted by molar-refractivity contribution is -0.121. The topological polar surface area (TPSA) is 78.5 Å². The molecule has 0 unspecified atom stereocenters. The fourth-order valence-corrected chi connectivity index (χ4v) is 4.74. The fourth-order valence-electron chi connectivity index (χ4n) is 4.56. The van der Waals surface area contributed by atoms with Gasteiger partial charge in [0.25, 0.3) is 11.8 Å². The molecule has 0 radical (unpaired) electrons. The van der Waals surface area contributed by atoms with Gasteiger partial charge in [0.15, 0.2) is 0 Å². The Morgan fingerprint density at radius 2 is 1.80 bits per heavy atom. The smallest absolute Gasteiger partial charge is 0.256 e. The van der Waals surface area contributed by atoms with E-state index in [2.05, 4.69) is 10.6 Å². The van der Waals surface area contributed by atoms with Crippen LogP contribution in [-0.4, -0.2) is 41.2 Å². The van der Waals surface area contributed by atoms with E-state index in [1.807, 2.05) is 0 Å². The molecule has 2 N–H and O–H groups in total. The van der Waals surface area contributed by atoms with Crippen molar-refractivity contribution < 1.29 is 23.2 Å². The average molecular weight is 496 g/mol. The highest BCUT2D eigenvalue weighted by Crippen LogP contribution is 2.32. The molecule has 2 aliphatic heterocycles. The second-order valence-corrected chi connectivity index (χ2v) is 8.97. The number of halogens is 3. The summed E-state index contributed by atoms with van der Waals surface area (Å²) in [5.74, 6) is -2.17. The number of nitrogens with one attached hydrogen (secondary N) is 2. The van der Waals surface area contributed by atoms with Crippen LogP contribution in [0.2, 0.25) is 5.02 Å². The van der Waals surface area contributed by atoms with Gasteiger partial charge in [-0.15, -0.1) is 0 Å².